The summed E-state index contributed by atoms with van der Waals surface area (Å²) in [6.07, 6.45) is 2.93. The fourth-order valence-corrected chi connectivity index (χ4v) is 1.34. The van der Waals surface area contributed by atoms with Gasteiger partial charge in [0.15, 0.2) is 17.5 Å². The van der Waals surface area contributed by atoms with Crippen molar-refractivity contribution in [2.24, 2.45) is 0 Å². The monoisotopic (exact) mass is 303 g/mol. The van der Waals surface area contributed by atoms with Crippen LogP contribution in [0.1, 0.15) is 0 Å². The van der Waals surface area contributed by atoms with Gasteiger partial charge < -0.3 is 5.32 Å². The molecular formula is C10H5BrF3N3. The predicted octanol–water partition coefficient (Wildman–Crippen LogP) is 3.40. The van der Waals surface area contributed by atoms with Gasteiger partial charge in [-0.3, -0.25) is 0 Å². The van der Waals surface area contributed by atoms with Crippen molar-refractivity contribution in [3.63, 3.8) is 0 Å². The van der Waals surface area contributed by atoms with Crippen LogP contribution < -0.4 is 5.32 Å². The Morgan fingerprint density at radius 2 is 1.53 bits per heavy atom. The highest BCUT2D eigenvalue weighted by Gasteiger charge is 2.10. The van der Waals surface area contributed by atoms with Gasteiger partial charge in [0.1, 0.15) is 0 Å². The first-order valence-electron chi connectivity index (χ1n) is 4.45. The third kappa shape index (κ3) is 2.73. The lowest BCUT2D eigenvalue weighted by Gasteiger charge is -2.05. The molecule has 0 bridgehead atoms. The van der Waals surface area contributed by atoms with Crippen LogP contribution in [-0.2, 0) is 0 Å². The van der Waals surface area contributed by atoms with E-state index in [2.05, 4.69) is 31.2 Å². The summed E-state index contributed by atoms with van der Waals surface area (Å²) in [5, 5.41) is 2.55. The molecule has 1 heterocycles. The van der Waals surface area contributed by atoms with Gasteiger partial charge in [0, 0.05) is 30.2 Å². The van der Waals surface area contributed by atoms with Crippen LogP contribution in [0.5, 0.6) is 0 Å². The molecular weight excluding hydrogens is 299 g/mol. The third-order valence-corrected chi connectivity index (χ3v) is 2.27. The Labute approximate surface area is 103 Å². The molecule has 0 atom stereocenters. The Hall–Kier alpha value is -1.63. The zero-order chi connectivity index (χ0) is 12.4. The molecule has 0 aliphatic rings. The molecule has 0 saturated heterocycles. The molecule has 0 radical (unpaired) electrons. The topological polar surface area (TPSA) is 37.8 Å². The Kier molecular flexibility index (Phi) is 3.28. The van der Waals surface area contributed by atoms with Gasteiger partial charge in [0.2, 0.25) is 5.95 Å². The van der Waals surface area contributed by atoms with Crippen LogP contribution in [0.4, 0.5) is 24.8 Å². The smallest absolute Gasteiger partial charge is 0.227 e. The van der Waals surface area contributed by atoms with Crippen LogP contribution in [0.25, 0.3) is 0 Å². The highest BCUT2D eigenvalue weighted by Crippen LogP contribution is 2.19. The molecule has 17 heavy (non-hydrogen) atoms. The fraction of sp³-hybridized carbons (Fsp3) is 0. The lowest BCUT2D eigenvalue weighted by molar-refractivity contribution is 0.448. The summed E-state index contributed by atoms with van der Waals surface area (Å²) in [5.41, 5.74) is 0.0312. The molecule has 2 aromatic rings. The SMILES string of the molecule is Fc1cc(Nc2ncc(Br)cn2)cc(F)c1F. The van der Waals surface area contributed by atoms with Crippen molar-refractivity contribution in [3.8, 4) is 0 Å². The quantitative estimate of drug-likeness (QED) is 0.864. The summed E-state index contributed by atoms with van der Waals surface area (Å²) in [5.74, 6) is -3.90. The number of halogens is 4. The van der Waals surface area contributed by atoms with Crippen molar-refractivity contribution in [3.05, 3.63) is 46.5 Å². The summed E-state index contributed by atoms with van der Waals surface area (Å²) in [6, 6.07) is 1.65. The Balaban J connectivity index is 2.27. The molecule has 0 aliphatic heterocycles. The minimum atomic E-state index is -1.51. The molecule has 3 nitrogen and oxygen atoms in total. The van der Waals surface area contributed by atoms with Gasteiger partial charge >= 0.3 is 0 Å². The first kappa shape index (κ1) is 11.8. The predicted molar refractivity (Wildman–Crippen MR) is 59.3 cm³/mol. The minimum absolute atomic E-state index is 0.0312. The van der Waals surface area contributed by atoms with Crippen LogP contribution in [0.15, 0.2) is 29.0 Å². The average molecular weight is 304 g/mol. The molecule has 0 amide bonds. The molecule has 2 rings (SSSR count). The molecule has 88 valence electrons. The van der Waals surface area contributed by atoms with Crippen LogP contribution in [0.3, 0.4) is 0 Å². The van der Waals surface area contributed by atoms with E-state index >= 15 is 0 Å². The summed E-state index contributed by atoms with van der Waals surface area (Å²) in [7, 11) is 0. The van der Waals surface area contributed by atoms with Crippen LogP contribution >= 0.6 is 15.9 Å². The van der Waals surface area contributed by atoms with Gasteiger partial charge in [-0.25, -0.2) is 23.1 Å². The van der Waals surface area contributed by atoms with Gasteiger partial charge in [-0.15, -0.1) is 0 Å². The van der Waals surface area contributed by atoms with Crippen LogP contribution in [0, 0.1) is 17.5 Å². The van der Waals surface area contributed by atoms with Gasteiger partial charge in [-0.1, -0.05) is 0 Å². The van der Waals surface area contributed by atoms with Crippen molar-refractivity contribution in [2.75, 3.05) is 5.32 Å². The van der Waals surface area contributed by atoms with Crippen molar-refractivity contribution < 1.29 is 13.2 Å². The first-order chi connectivity index (χ1) is 8.06. The molecule has 1 aromatic carbocycles. The van der Waals surface area contributed by atoms with Crippen molar-refractivity contribution >= 4 is 27.6 Å². The molecule has 0 unspecified atom stereocenters. The maximum atomic E-state index is 12.9. The van der Waals surface area contributed by atoms with Gasteiger partial charge in [-0.2, -0.15) is 0 Å². The number of hydrogen-bond donors (Lipinski definition) is 1. The largest absolute Gasteiger partial charge is 0.324 e. The summed E-state index contributed by atoms with van der Waals surface area (Å²) >= 11 is 3.14. The van der Waals surface area contributed by atoms with Crippen molar-refractivity contribution in [1.29, 1.82) is 0 Å². The molecule has 0 spiro atoms. The zero-order valence-corrected chi connectivity index (χ0v) is 9.80. The second-order valence-corrected chi connectivity index (χ2v) is 4.02. The van der Waals surface area contributed by atoms with E-state index in [-0.39, 0.29) is 11.6 Å². The van der Waals surface area contributed by atoms with E-state index in [1.165, 1.54) is 12.4 Å². The molecule has 1 aromatic heterocycles. The van der Waals surface area contributed by atoms with Crippen LogP contribution in [-0.4, -0.2) is 9.97 Å². The number of hydrogen-bond acceptors (Lipinski definition) is 3. The van der Waals surface area contributed by atoms with E-state index in [1.807, 2.05) is 0 Å². The second kappa shape index (κ2) is 4.70. The number of rotatable bonds is 2. The van der Waals surface area contributed by atoms with Crippen LogP contribution in [0.2, 0.25) is 0 Å². The third-order valence-electron chi connectivity index (χ3n) is 1.86. The van der Waals surface area contributed by atoms with E-state index in [0.29, 0.717) is 4.47 Å². The first-order valence-corrected chi connectivity index (χ1v) is 5.24. The molecule has 0 aliphatic carbocycles. The number of nitrogens with one attached hydrogen (secondary N) is 1. The Morgan fingerprint density at radius 1 is 1.00 bits per heavy atom. The van der Waals surface area contributed by atoms with Gasteiger partial charge in [0.25, 0.3) is 0 Å². The zero-order valence-electron chi connectivity index (χ0n) is 8.22. The normalized spacial score (nSPS) is 10.4. The molecule has 0 saturated carbocycles. The number of nitrogens with zero attached hydrogens (tertiary/aromatic N) is 2. The summed E-state index contributed by atoms with van der Waals surface area (Å²) < 4.78 is 39.2. The van der Waals surface area contributed by atoms with E-state index in [0.717, 1.165) is 12.1 Å². The van der Waals surface area contributed by atoms with Gasteiger partial charge in [-0.05, 0) is 15.9 Å². The number of aromatic nitrogens is 2. The maximum Gasteiger partial charge on any atom is 0.227 e. The number of benzene rings is 1. The van der Waals surface area contributed by atoms with E-state index in [1.54, 1.807) is 0 Å². The minimum Gasteiger partial charge on any atom is -0.324 e. The lowest BCUT2D eigenvalue weighted by atomic mass is 10.3. The van der Waals surface area contributed by atoms with Crippen molar-refractivity contribution in [1.82, 2.24) is 9.97 Å². The summed E-state index contributed by atoms with van der Waals surface area (Å²) in [6.45, 7) is 0. The molecule has 0 fully saturated rings. The molecule has 7 heteroatoms. The van der Waals surface area contributed by atoms with Crippen molar-refractivity contribution in [2.45, 2.75) is 0 Å². The van der Waals surface area contributed by atoms with Gasteiger partial charge in [0.05, 0.1) is 4.47 Å². The standard InChI is InChI=1S/C10H5BrF3N3/c11-5-3-15-10(16-4-5)17-6-1-7(12)9(14)8(13)2-6/h1-4H,(H,15,16,17). The average Bonchev–Trinajstić information content (AvgIpc) is 2.29. The Morgan fingerprint density at radius 3 is 2.06 bits per heavy atom. The fourth-order valence-electron chi connectivity index (χ4n) is 1.13. The number of anilines is 2. The maximum absolute atomic E-state index is 12.9. The van der Waals surface area contributed by atoms with E-state index in [4.69, 9.17) is 0 Å². The Bertz CT molecular complexity index is 522. The van der Waals surface area contributed by atoms with E-state index in [9.17, 15) is 13.2 Å². The molecule has 1 N–H and O–H groups in total. The summed E-state index contributed by atoms with van der Waals surface area (Å²) in [4.78, 5) is 7.70. The second-order valence-electron chi connectivity index (χ2n) is 3.10. The highest BCUT2D eigenvalue weighted by molar-refractivity contribution is 9.10. The lowest BCUT2D eigenvalue weighted by Crippen LogP contribution is -1.99. The van der Waals surface area contributed by atoms with E-state index < -0.39 is 17.5 Å². The highest BCUT2D eigenvalue weighted by atomic mass is 79.9.